The molecule has 1 aromatic carbocycles. The first-order valence-electron chi connectivity index (χ1n) is 8.94. The van der Waals surface area contributed by atoms with E-state index in [4.69, 9.17) is 15.2 Å². The molecule has 0 spiro atoms. The summed E-state index contributed by atoms with van der Waals surface area (Å²) in [6.07, 6.45) is 1.55. The molecule has 0 aliphatic rings. The highest BCUT2D eigenvalue weighted by Gasteiger charge is 2.22. The Kier molecular flexibility index (Phi) is 6.86. The number of ether oxygens (including phenoxy) is 2. The molecule has 0 atom stereocenters. The van der Waals surface area contributed by atoms with E-state index in [0.717, 1.165) is 12.8 Å². The summed E-state index contributed by atoms with van der Waals surface area (Å²) < 4.78 is 11.7. The van der Waals surface area contributed by atoms with E-state index in [0.29, 0.717) is 23.6 Å². The van der Waals surface area contributed by atoms with Crippen LogP contribution < -0.4 is 31.4 Å². The van der Waals surface area contributed by atoms with Crippen LogP contribution in [0.2, 0.25) is 0 Å². The molecule has 0 bridgehead atoms. The van der Waals surface area contributed by atoms with E-state index in [1.54, 1.807) is 18.2 Å². The predicted octanol–water partition coefficient (Wildman–Crippen LogP) is 1.14. The zero-order chi connectivity index (χ0) is 20.8. The second-order valence-electron chi connectivity index (χ2n) is 6.31. The molecule has 0 unspecified atom stereocenters. The maximum atomic E-state index is 12.8. The molecule has 2 aromatic rings. The van der Waals surface area contributed by atoms with Gasteiger partial charge in [0.05, 0.1) is 20.6 Å². The smallest absolute Gasteiger partial charge is 0.330 e. The second kappa shape index (κ2) is 9.12. The maximum absolute atomic E-state index is 12.8. The van der Waals surface area contributed by atoms with E-state index in [2.05, 4.69) is 4.98 Å². The lowest BCUT2D eigenvalue weighted by Gasteiger charge is -2.21. The first-order valence-corrected chi connectivity index (χ1v) is 8.94. The highest BCUT2D eigenvalue weighted by molar-refractivity contribution is 5.96. The van der Waals surface area contributed by atoms with Crippen LogP contribution in [0.1, 0.15) is 25.3 Å². The molecule has 2 rings (SSSR count). The van der Waals surface area contributed by atoms with Crippen LogP contribution in [0.5, 0.6) is 11.5 Å². The number of aromatic amines is 1. The van der Waals surface area contributed by atoms with Crippen LogP contribution in [-0.4, -0.2) is 36.7 Å². The second-order valence-corrected chi connectivity index (χ2v) is 6.31. The number of carbonyl (C=O) groups excluding carboxylic acids is 1. The molecule has 0 saturated carbocycles. The van der Waals surface area contributed by atoms with Gasteiger partial charge >= 0.3 is 5.69 Å². The number of H-pyrrole nitrogens is 1. The molecule has 28 heavy (non-hydrogen) atoms. The number of nitrogens with two attached hydrogens (primary N) is 1. The van der Waals surface area contributed by atoms with Gasteiger partial charge in [-0.3, -0.25) is 19.1 Å². The number of aromatic nitrogens is 2. The molecule has 0 saturated heterocycles. The number of amides is 1. The molecule has 1 aromatic heterocycles. The summed E-state index contributed by atoms with van der Waals surface area (Å²) in [7, 11) is 4.49. The topological polar surface area (TPSA) is 120 Å². The van der Waals surface area contributed by atoms with Crippen molar-refractivity contribution in [2.24, 2.45) is 0 Å². The minimum atomic E-state index is -0.701. The lowest BCUT2D eigenvalue weighted by molar-refractivity contribution is -0.117. The van der Waals surface area contributed by atoms with Gasteiger partial charge in [0.1, 0.15) is 17.3 Å². The van der Waals surface area contributed by atoms with E-state index in [1.807, 2.05) is 6.92 Å². The molecule has 1 amide bonds. The number of nitrogens with one attached hydrogen (secondary N) is 1. The molecule has 1 heterocycles. The zero-order valence-corrected chi connectivity index (χ0v) is 16.6. The van der Waals surface area contributed by atoms with Gasteiger partial charge in [-0.1, -0.05) is 19.4 Å². The van der Waals surface area contributed by atoms with Gasteiger partial charge in [0, 0.05) is 25.2 Å². The number of nitrogens with zero attached hydrogens (tertiary/aromatic N) is 2. The first kappa shape index (κ1) is 21.1. The minimum Gasteiger partial charge on any atom is -0.497 e. The molecule has 0 fully saturated rings. The maximum Gasteiger partial charge on any atom is 0.330 e. The number of hydrogen-bond acceptors (Lipinski definition) is 6. The molecule has 0 radical (unpaired) electrons. The van der Waals surface area contributed by atoms with E-state index >= 15 is 0 Å². The average Bonchev–Trinajstić information content (AvgIpc) is 2.67. The highest BCUT2D eigenvalue weighted by atomic mass is 16.5. The Morgan fingerprint density at radius 1 is 1.25 bits per heavy atom. The number of carbonyl (C=O) groups is 1. The zero-order valence-electron chi connectivity index (χ0n) is 16.6. The van der Waals surface area contributed by atoms with Gasteiger partial charge in [0.2, 0.25) is 5.91 Å². The fraction of sp³-hybridized carbons (Fsp3) is 0.421. The summed E-state index contributed by atoms with van der Waals surface area (Å²) in [6, 6.07) is 5.12. The van der Waals surface area contributed by atoms with Crippen LogP contribution in [0.15, 0.2) is 27.8 Å². The number of unbranched alkanes of at least 4 members (excludes halogenated alkanes) is 1. The Hall–Kier alpha value is -3.23. The summed E-state index contributed by atoms with van der Waals surface area (Å²) in [5, 5.41) is 0. The molecule has 3 N–H and O–H groups in total. The van der Waals surface area contributed by atoms with Gasteiger partial charge in [-0.2, -0.15) is 0 Å². The summed E-state index contributed by atoms with van der Waals surface area (Å²) in [5.74, 6) is 0.696. The minimum absolute atomic E-state index is 0.0172. The van der Waals surface area contributed by atoms with Crippen molar-refractivity contribution in [3.8, 4) is 11.5 Å². The first-order chi connectivity index (χ1) is 13.3. The molecule has 0 aliphatic heterocycles. The third kappa shape index (κ3) is 4.36. The SMILES string of the molecule is CCCCn1c(N)c(N(C)C(=O)Cc2ccc(OC)cc2OC)c(=O)[nH]c1=O. The van der Waals surface area contributed by atoms with E-state index < -0.39 is 11.2 Å². The Labute approximate surface area is 162 Å². The normalized spacial score (nSPS) is 10.6. The Morgan fingerprint density at radius 3 is 2.57 bits per heavy atom. The Morgan fingerprint density at radius 2 is 1.96 bits per heavy atom. The number of hydrogen-bond donors (Lipinski definition) is 2. The van der Waals surface area contributed by atoms with Crippen molar-refractivity contribution in [2.75, 3.05) is 31.9 Å². The van der Waals surface area contributed by atoms with E-state index in [9.17, 15) is 14.4 Å². The lowest BCUT2D eigenvalue weighted by atomic mass is 10.1. The van der Waals surface area contributed by atoms with Crippen molar-refractivity contribution in [3.05, 3.63) is 44.6 Å². The van der Waals surface area contributed by atoms with Crippen molar-refractivity contribution in [1.82, 2.24) is 9.55 Å². The molecule has 0 aliphatic carbocycles. The van der Waals surface area contributed by atoms with Gasteiger partial charge in [-0.05, 0) is 12.5 Å². The van der Waals surface area contributed by atoms with Gasteiger partial charge in [0.25, 0.3) is 5.56 Å². The molecular formula is C19H26N4O5. The largest absolute Gasteiger partial charge is 0.497 e. The van der Waals surface area contributed by atoms with Crippen LogP contribution in [0.25, 0.3) is 0 Å². The van der Waals surface area contributed by atoms with Crippen LogP contribution in [0, 0.1) is 0 Å². The van der Waals surface area contributed by atoms with Crippen molar-refractivity contribution in [3.63, 3.8) is 0 Å². The van der Waals surface area contributed by atoms with E-state index in [1.165, 1.54) is 30.7 Å². The summed E-state index contributed by atoms with van der Waals surface area (Å²) in [4.78, 5) is 40.5. The van der Waals surface area contributed by atoms with Crippen LogP contribution in [-0.2, 0) is 17.8 Å². The Balaban J connectivity index is 2.36. The molecule has 9 heteroatoms. The molecular weight excluding hydrogens is 364 g/mol. The number of methoxy groups -OCH3 is 2. The summed E-state index contributed by atoms with van der Waals surface area (Å²) in [5.41, 5.74) is 5.36. The van der Waals surface area contributed by atoms with Crippen molar-refractivity contribution in [1.29, 1.82) is 0 Å². The monoisotopic (exact) mass is 390 g/mol. The average molecular weight is 390 g/mol. The highest BCUT2D eigenvalue weighted by Crippen LogP contribution is 2.26. The number of likely N-dealkylation sites (N-methyl/N-ethyl adjacent to an activating group) is 1. The van der Waals surface area contributed by atoms with Gasteiger partial charge in [-0.25, -0.2) is 4.79 Å². The quantitative estimate of drug-likeness (QED) is 0.698. The number of benzene rings is 1. The van der Waals surface area contributed by atoms with Crippen molar-refractivity contribution in [2.45, 2.75) is 32.7 Å². The fourth-order valence-corrected chi connectivity index (χ4v) is 2.84. The fourth-order valence-electron chi connectivity index (χ4n) is 2.84. The Bertz CT molecular complexity index is 964. The van der Waals surface area contributed by atoms with E-state index in [-0.39, 0.29) is 23.8 Å². The third-order valence-electron chi connectivity index (χ3n) is 4.49. The lowest BCUT2D eigenvalue weighted by Crippen LogP contribution is -2.39. The third-order valence-corrected chi connectivity index (χ3v) is 4.49. The van der Waals surface area contributed by atoms with Crippen LogP contribution in [0.3, 0.4) is 0 Å². The van der Waals surface area contributed by atoms with Crippen molar-refractivity contribution >= 4 is 17.4 Å². The van der Waals surface area contributed by atoms with Crippen LogP contribution >= 0.6 is 0 Å². The number of rotatable bonds is 8. The predicted molar refractivity (Wildman–Crippen MR) is 107 cm³/mol. The molecule has 9 nitrogen and oxygen atoms in total. The number of nitrogen functional groups attached to an aromatic ring is 1. The van der Waals surface area contributed by atoms with Gasteiger partial charge in [-0.15, -0.1) is 0 Å². The standard InChI is InChI=1S/C19H26N4O5/c1-5-6-9-23-17(20)16(18(25)21-19(23)26)22(2)15(24)10-12-7-8-13(27-3)11-14(12)28-4/h7-8,11H,5-6,9-10,20H2,1-4H3,(H,21,25,26). The molecule has 152 valence electrons. The summed E-state index contributed by atoms with van der Waals surface area (Å²) >= 11 is 0. The number of anilines is 2. The summed E-state index contributed by atoms with van der Waals surface area (Å²) in [6.45, 7) is 2.34. The van der Waals surface area contributed by atoms with Gasteiger partial charge < -0.3 is 20.1 Å². The van der Waals surface area contributed by atoms with Crippen molar-refractivity contribution < 1.29 is 14.3 Å². The van der Waals surface area contributed by atoms with Crippen LogP contribution in [0.4, 0.5) is 11.5 Å². The van der Waals surface area contributed by atoms with Gasteiger partial charge in [0.15, 0.2) is 5.69 Å².